The summed E-state index contributed by atoms with van der Waals surface area (Å²) < 4.78 is 15.1. The van der Waals surface area contributed by atoms with Crippen LogP contribution in [0.4, 0.5) is 3.89 Å². The molecule has 0 aromatic rings. The predicted molar refractivity (Wildman–Crippen MR) is 333 cm³/mol. The highest BCUT2D eigenvalue weighted by molar-refractivity contribution is 9.77. The number of rotatable bonds is 14. The van der Waals surface area contributed by atoms with E-state index in [-0.39, 0.29) is 0 Å². The van der Waals surface area contributed by atoms with Crippen molar-refractivity contribution in [3.05, 3.63) is 0 Å². The van der Waals surface area contributed by atoms with Crippen LogP contribution in [0.2, 0.25) is 0 Å². The largest absolute Gasteiger partial charge is 0.271 e. The summed E-state index contributed by atoms with van der Waals surface area (Å²) in [6.07, 6.45) is 0. The second-order valence-electron chi connectivity index (χ2n) is 5.90. The van der Waals surface area contributed by atoms with E-state index in [4.69, 9.17) is 336 Å². The van der Waals surface area contributed by atoms with Crippen LogP contribution < -0.4 is 0 Å². The minimum Gasteiger partial charge on any atom is -0.271 e. The summed E-state index contributed by atoms with van der Waals surface area (Å²) in [5.74, 6) is 0. The Morgan fingerprint density at radius 3 is 0.500 bits per heavy atom. The smallest absolute Gasteiger partial charge is 0.131 e. The Labute approximate surface area is 409 Å². The fourth-order valence-corrected chi connectivity index (χ4v) is 308. The maximum atomic E-state index is 15.1. The van der Waals surface area contributed by atoms with Crippen molar-refractivity contribution >= 4 is 417 Å². The van der Waals surface area contributed by atoms with Crippen LogP contribution in [0.3, 0.4) is 0 Å². The number of hydrogen-bond acceptors (Lipinski definition) is 31. The molecule has 0 unspecified atom stereocenters. The number of hydrogen-bond donors (Lipinski definition) is 0. The Bertz CT molecular complexity index is 3050. The van der Waals surface area contributed by atoms with E-state index >= 15 is 3.89 Å². The van der Waals surface area contributed by atoms with Gasteiger partial charge in [-0.05, 0) is 291 Å². The number of halogens is 1. The Morgan fingerprint density at radius 1 is 0.239 bits per heavy atom. The molecule has 0 rings (SSSR count). The van der Waals surface area contributed by atoms with Gasteiger partial charge in [-0.15, -0.1) is 3.89 Å². The molecule has 46 heavy (non-hydrogen) atoms. The predicted octanol–water partition coefficient (Wildman–Crippen LogP) is 0.312. The molecule has 0 nitrogen and oxygen atoms in total. The Balaban J connectivity index is 8.25. The third-order valence-electron chi connectivity index (χ3n) is 3.41. The summed E-state index contributed by atoms with van der Waals surface area (Å²) in [5, 5.41) is -46.6. The van der Waals surface area contributed by atoms with Gasteiger partial charge in [0, 0.05) is 57.3 Å². The zero-order valence-electron chi connectivity index (χ0n) is 18.7. The van der Waals surface area contributed by atoms with Gasteiger partial charge in [-0.2, -0.15) is 0 Å². The Kier molecular flexibility index (Phi) is 22.7. The molecule has 0 N–H and O–H groups in total. The molecule has 0 aliphatic rings. The second-order valence-corrected chi connectivity index (χ2v) is 156. The molecule has 0 saturated heterocycles. The Morgan fingerprint density at radius 2 is 0.370 bits per heavy atom. The first-order valence-corrected chi connectivity index (χ1v) is 66.5. The fraction of sp³-hybridized carbons (Fsp3) is 0. The fourth-order valence-electron chi connectivity index (χ4n) is 1.29. The van der Waals surface area contributed by atoms with E-state index in [0.717, 1.165) is 0 Å². The van der Waals surface area contributed by atoms with Gasteiger partial charge in [-0.25, -0.2) is 22.4 Å². The highest BCUT2D eigenvalue weighted by Gasteiger charge is 2.44. The molecule has 46 heteroatoms. The first-order chi connectivity index (χ1) is 19.2. The van der Waals surface area contributed by atoms with Crippen LogP contribution in [-0.4, -0.2) is 0 Å². The van der Waals surface area contributed by atoms with Gasteiger partial charge in [-0.3, -0.25) is 7.05 Å². The third kappa shape index (κ3) is 9.21. The van der Waals surface area contributed by atoms with Gasteiger partial charge < -0.3 is 0 Å². The van der Waals surface area contributed by atoms with Crippen molar-refractivity contribution in [3.8, 4) is 0 Å². The summed E-state index contributed by atoms with van der Waals surface area (Å²) >= 11 is 169. The third-order valence-corrected chi connectivity index (χ3v) is 272. The average molecular weight is 1460 g/mol. The van der Waals surface area contributed by atoms with Crippen molar-refractivity contribution < 1.29 is 3.89 Å². The van der Waals surface area contributed by atoms with E-state index in [1.165, 1.54) is 0 Å². The zero-order valence-corrected chi connectivity index (χ0v) is 55.5. The minimum absolute atomic E-state index is 1.48. The molecule has 0 aromatic carbocycles. The van der Waals surface area contributed by atoms with Crippen LogP contribution in [0.25, 0.3) is 0 Å². The average Bonchev–Trinajstić information content (AvgIpc) is 2.81. The lowest BCUT2D eigenvalue weighted by atomic mass is 18.9. The van der Waals surface area contributed by atoms with E-state index in [9.17, 15) is 0 Å². The standard InChI is InChI=1S/FS45/c1-33(4,5)35(8,9)37(12,13)39(16,17)41(20,21)43(24,25)45(28,29)46(30,31)44(26,27)42(22,23)40(18,19)38(14,15)36(10,11)34(6,7)32(2)3/q-1. The Hall–Kier alpha value is 11.8. The van der Waals surface area contributed by atoms with Gasteiger partial charge in [-0.1, -0.05) is 27.6 Å². The first kappa shape index (κ1) is 57.8. The van der Waals surface area contributed by atoms with Gasteiger partial charge in [0.25, 0.3) is 0 Å². The van der Waals surface area contributed by atoms with Gasteiger partial charge >= 0.3 is 0 Å². The first-order valence-electron chi connectivity index (χ1n) is 7.49. The van der Waals surface area contributed by atoms with Crippen LogP contribution >= 0.6 is 0 Å². The van der Waals surface area contributed by atoms with Crippen molar-refractivity contribution in [2.45, 2.75) is 0 Å². The van der Waals surface area contributed by atoms with E-state index in [0.29, 0.717) is 0 Å². The molecule has 0 fully saturated rings. The molecule has 0 bridgehead atoms. The molecule has 278 valence electrons. The van der Waals surface area contributed by atoms with Gasteiger partial charge in [0.1, 0.15) is 6.56 Å². The molecular weight excluding hydrogens is 1460 g/mol. The summed E-state index contributed by atoms with van der Waals surface area (Å²) in [6, 6.07) is 0. The molecule has 0 amide bonds. The van der Waals surface area contributed by atoms with Gasteiger partial charge in [0.2, 0.25) is 0 Å². The van der Waals surface area contributed by atoms with Crippen molar-refractivity contribution in [2.75, 3.05) is 0 Å². The van der Waals surface area contributed by atoms with Crippen molar-refractivity contribution in [2.24, 2.45) is 0 Å². The topological polar surface area (TPSA) is 0 Å². The zero-order chi connectivity index (χ0) is 38.6. The van der Waals surface area contributed by atoms with Gasteiger partial charge in [0.15, 0.2) is 0 Å². The molecule has 0 aliphatic heterocycles. The maximum Gasteiger partial charge on any atom is 0.131 e. The van der Waals surface area contributed by atoms with E-state index in [1.54, 1.807) is 0 Å². The van der Waals surface area contributed by atoms with Gasteiger partial charge in [0.05, 0.1) is 5.21 Å². The van der Waals surface area contributed by atoms with E-state index in [2.05, 4.69) is 0 Å². The molecule has 0 heterocycles. The maximum absolute atomic E-state index is 15.1. The van der Waals surface area contributed by atoms with E-state index < -0.39 is 81.3 Å². The van der Waals surface area contributed by atoms with Crippen LogP contribution in [0.15, 0.2) is 0 Å². The molecule has 0 aliphatic carbocycles. The normalized spacial score (nSPS) is 16.6. The quantitative estimate of drug-likeness (QED) is 0.133. The molecular formula is FS45-. The molecule has 0 aromatic heterocycles. The second kappa shape index (κ2) is 18.1. The summed E-state index contributed by atoms with van der Waals surface area (Å²) in [6.45, 7) is -4.07. The monoisotopic (exact) mass is 1460 g/mol. The molecule has 0 atom stereocenters. The highest BCUT2D eigenvalue weighted by atomic mass is 34.5. The van der Waals surface area contributed by atoms with Crippen LogP contribution in [0, 0.1) is 0 Å². The van der Waals surface area contributed by atoms with Crippen LogP contribution in [-0.2, 0) is 417 Å². The van der Waals surface area contributed by atoms with Crippen molar-refractivity contribution in [1.29, 1.82) is 0 Å². The SMILES string of the molecule is FS(=S)(=S)S(=S)(=S)S(=S)(=S)S(=S)(=S)S(=S)(=S)S(=S)(=S)S(=S)(=S)S(=S)(=S)S(=S)(=S)S(=S)(=S)S(=S)(=S)S(=S)(=S)S(=S)(=S)S(=S)(=S)[S-](=S)=S. The van der Waals surface area contributed by atoms with Crippen molar-refractivity contribution in [3.63, 3.8) is 0 Å². The molecule has 0 saturated carbocycles. The summed E-state index contributed by atoms with van der Waals surface area (Å²) in [7, 11) is -1.48. The van der Waals surface area contributed by atoms with Crippen molar-refractivity contribution in [1.82, 2.24) is 0 Å². The highest BCUT2D eigenvalue weighted by Crippen LogP contribution is 2.41. The van der Waals surface area contributed by atoms with Crippen LogP contribution in [0.5, 0.6) is 0 Å². The molecule has 0 radical (unpaired) electrons. The molecule has 0 spiro atoms. The minimum atomic E-state index is -4.07. The van der Waals surface area contributed by atoms with E-state index in [1.807, 2.05) is 0 Å². The lowest BCUT2D eigenvalue weighted by Gasteiger charge is -2.35. The lowest BCUT2D eigenvalue weighted by Crippen LogP contribution is -2.38. The van der Waals surface area contributed by atoms with Crippen LogP contribution in [0.1, 0.15) is 0 Å². The lowest BCUT2D eigenvalue weighted by molar-refractivity contribution is 0.944. The summed E-state index contributed by atoms with van der Waals surface area (Å²) in [4.78, 5) is 0. The summed E-state index contributed by atoms with van der Waals surface area (Å²) in [5.41, 5.74) is 0.